The van der Waals surface area contributed by atoms with Gasteiger partial charge in [0.1, 0.15) is 19.3 Å². The second-order valence-corrected chi connectivity index (χ2v) is 24.9. The Labute approximate surface area is 545 Å². The van der Waals surface area contributed by atoms with Crippen LogP contribution in [-0.2, 0) is 47.4 Å². The first-order valence-electron chi connectivity index (χ1n) is 37.8. The zero-order valence-corrected chi connectivity index (χ0v) is 59.3. The molecule has 14 heteroatoms. The fourth-order valence-corrected chi connectivity index (χ4v) is 10.6. The van der Waals surface area contributed by atoms with Crippen LogP contribution in [0.1, 0.15) is 336 Å². The van der Waals surface area contributed by atoms with Crippen molar-refractivity contribution < 1.29 is 57.0 Å². The Kier molecular flexibility index (Phi) is 81.6. The highest BCUT2D eigenvalue weighted by Crippen LogP contribution is 2.17. The smallest absolute Gasteiger partial charge is 0.407 e. The van der Waals surface area contributed by atoms with Gasteiger partial charge in [-0.25, -0.2) is 9.59 Å². The van der Waals surface area contributed by atoms with E-state index in [2.05, 4.69) is 38.3 Å². The molecule has 0 radical (unpaired) electrons. The summed E-state index contributed by atoms with van der Waals surface area (Å²) in [4.78, 5) is 24.2. The van der Waals surface area contributed by atoms with E-state index in [4.69, 9.17) is 47.4 Å². The Bertz CT molecular complexity index is 1190. The standard InChI is InChI=1S/2C37H75NO6/c1-4-6-8-10-12-14-16-18-20-22-24-26-29-42-34-36(35-44-37(39)38-28-31-41-33-32-40-3)43-30-27-25-23-21-19-17-15-13-11-9-7-5-2;1-4-6-8-10-12-14-16-18-20-22-24-26-28-42-35-36(34-38-37(39)44-33-32-41-31-30-40-3)43-29-27-25-23-21-19-17-15-13-11-9-7-5-2/h2*36H,4-35H2,1-3H3,(H,38,39). The Balaban J connectivity index is 0. The van der Waals surface area contributed by atoms with Gasteiger partial charge in [0, 0.05) is 53.7 Å². The molecule has 0 aliphatic carbocycles. The van der Waals surface area contributed by atoms with Gasteiger partial charge < -0.3 is 58.0 Å². The van der Waals surface area contributed by atoms with E-state index in [0.717, 1.165) is 38.9 Å². The Hall–Kier alpha value is -1.78. The Morgan fingerprint density at radius 2 is 0.545 bits per heavy atom. The second-order valence-electron chi connectivity index (χ2n) is 24.9. The van der Waals surface area contributed by atoms with Crippen molar-refractivity contribution in [3.63, 3.8) is 0 Å². The minimum atomic E-state index is -0.444. The minimum Gasteiger partial charge on any atom is -0.447 e. The van der Waals surface area contributed by atoms with Crippen LogP contribution in [0, 0.1) is 0 Å². The second kappa shape index (κ2) is 81.3. The Morgan fingerprint density at radius 1 is 0.261 bits per heavy atom. The highest BCUT2D eigenvalue weighted by Gasteiger charge is 2.15. The minimum absolute atomic E-state index is 0.162. The van der Waals surface area contributed by atoms with Gasteiger partial charge in [0.15, 0.2) is 0 Å². The number of ether oxygens (including phenoxy) is 10. The third-order valence-corrected chi connectivity index (χ3v) is 16.3. The van der Waals surface area contributed by atoms with Crippen molar-refractivity contribution in [2.75, 3.05) is 120 Å². The van der Waals surface area contributed by atoms with Gasteiger partial charge in [-0.1, -0.05) is 310 Å². The molecule has 2 atom stereocenters. The summed E-state index contributed by atoms with van der Waals surface area (Å²) < 4.78 is 55.4. The molecule has 528 valence electrons. The number of unbranched alkanes of at least 4 members (excludes halogenated alkanes) is 44. The molecular formula is C74H150N2O12. The SMILES string of the molecule is CCCCCCCCCCCCCCOCC(CNC(=O)OCCOCCOC)OCCCCCCCCCCCCCC.CCCCCCCCCCCCCCOCC(COC(=O)NCCOCCOC)OCCCCCCCCCCCCCC. The zero-order chi connectivity index (χ0) is 64.0. The van der Waals surface area contributed by atoms with Crippen LogP contribution in [0.2, 0.25) is 0 Å². The maximum atomic E-state index is 12.1. The lowest BCUT2D eigenvalue weighted by atomic mass is 10.1. The van der Waals surface area contributed by atoms with Gasteiger partial charge in [-0.15, -0.1) is 0 Å². The molecule has 0 aromatic heterocycles. The van der Waals surface area contributed by atoms with Crippen molar-refractivity contribution in [3.8, 4) is 0 Å². The van der Waals surface area contributed by atoms with Crippen LogP contribution in [0.25, 0.3) is 0 Å². The van der Waals surface area contributed by atoms with Crippen molar-refractivity contribution in [1.29, 1.82) is 0 Å². The van der Waals surface area contributed by atoms with Crippen LogP contribution in [0.3, 0.4) is 0 Å². The lowest BCUT2D eigenvalue weighted by molar-refractivity contribution is -0.0469. The summed E-state index contributed by atoms with van der Waals surface area (Å²) in [5, 5.41) is 5.56. The quantitative estimate of drug-likeness (QED) is 0.0558. The number of hydrogen-bond donors (Lipinski definition) is 2. The van der Waals surface area contributed by atoms with E-state index in [9.17, 15) is 9.59 Å². The van der Waals surface area contributed by atoms with Crippen molar-refractivity contribution >= 4 is 12.2 Å². The summed E-state index contributed by atoms with van der Waals surface area (Å²) in [7, 11) is 3.27. The molecule has 0 spiro atoms. The normalized spacial score (nSPS) is 12.1. The third-order valence-electron chi connectivity index (χ3n) is 16.3. The van der Waals surface area contributed by atoms with Gasteiger partial charge in [-0.2, -0.15) is 0 Å². The molecule has 0 fully saturated rings. The first-order valence-corrected chi connectivity index (χ1v) is 37.8. The van der Waals surface area contributed by atoms with E-state index in [1.165, 1.54) is 283 Å². The number of hydrogen-bond acceptors (Lipinski definition) is 12. The van der Waals surface area contributed by atoms with Gasteiger partial charge in [-0.3, -0.25) is 0 Å². The molecule has 0 heterocycles. The van der Waals surface area contributed by atoms with Gasteiger partial charge in [-0.05, 0) is 25.7 Å². The molecule has 0 aromatic carbocycles. The Morgan fingerprint density at radius 3 is 0.898 bits per heavy atom. The van der Waals surface area contributed by atoms with E-state index in [1.807, 2.05) is 0 Å². The van der Waals surface area contributed by atoms with E-state index in [1.54, 1.807) is 14.2 Å². The fourth-order valence-electron chi connectivity index (χ4n) is 10.6. The van der Waals surface area contributed by atoms with Gasteiger partial charge >= 0.3 is 12.2 Å². The number of carbonyl (C=O) groups excluding carboxylic acids is 2. The monoisotopic (exact) mass is 1260 g/mol. The van der Waals surface area contributed by atoms with Gasteiger partial charge in [0.25, 0.3) is 0 Å². The summed E-state index contributed by atoms with van der Waals surface area (Å²) >= 11 is 0. The van der Waals surface area contributed by atoms with Crippen LogP contribution in [-0.4, -0.2) is 144 Å². The summed E-state index contributed by atoms with van der Waals surface area (Å²) in [5.74, 6) is 0. The number of amides is 2. The average molecular weight is 1260 g/mol. The number of rotatable bonds is 74. The molecule has 0 aliphatic rings. The van der Waals surface area contributed by atoms with Crippen LogP contribution < -0.4 is 10.6 Å². The predicted octanol–water partition coefficient (Wildman–Crippen LogP) is 20.4. The van der Waals surface area contributed by atoms with Crippen LogP contribution in [0.4, 0.5) is 9.59 Å². The van der Waals surface area contributed by atoms with E-state index in [0.29, 0.717) is 79.2 Å². The van der Waals surface area contributed by atoms with E-state index in [-0.39, 0.29) is 25.4 Å². The molecule has 2 amide bonds. The van der Waals surface area contributed by atoms with Crippen molar-refractivity contribution in [3.05, 3.63) is 0 Å². The molecule has 88 heavy (non-hydrogen) atoms. The van der Waals surface area contributed by atoms with Crippen LogP contribution >= 0.6 is 0 Å². The molecule has 0 aromatic rings. The van der Waals surface area contributed by atoms with Crippen LogP contribution in [0.15, 0.2) is 0 Å². The average Bonchev–Trinajstić information content (AvgIpc) is 3.53. The summed E-state index contributed by atoms with van der Waals surface area (Å²) in [6, 6.07) is 0. The highest BCUT2D eigenvalue weighted by molar-refractivity contribution is 5.67. The van der Waals surface area contributed by atoms with E-state index < -0.39 is 12.2 Å². The van der Waals surface area contributed by atoms with Crippen molar-refractivity contribution in [2.24, 2.45) is 0 Å². The predicted molar refractivity (Wildman–Crippen MR) is 370 cm³/mol. The number of carbonyl (C=O) groups is 2. The maximum absolute atomic E-state index is 12.1. The fraction of sp³-hybridized carbons (Fsp3) is 0.973. The lowest BCUT2D eigenvalue weighted by Gasteiger charge is -2.19. The molecule has 2 unspecified atom stereocenters. The molecule has 0 rings (SSSR count). The molecular weight excluding hydrogens is 1110 g/mol. The molecule has 0 saturated carbocycles. The van der Waals surface area contributed by atoms with Crippen molar-refractivity contribution in [2.45, 2.75) is 348 Å². The van der Waals surface area contributed by atoms with Crippen LogP contribution in [0.5, 0.6) is 0 Å². The molecule has 0 bridgehead atoms. The van der Waals surface area contributed by atoms with Gasteiger partial charge in [0.05, 0.1) is 59.0 Å². The first kappa shape index (κ1) is 88.3. The summed E-state index contributed by atoms with van der Waals surface area (Å²) in [5.41, 5.74) is 0. The summed E-state index contributed by atoms with van der Waals surface area (Å²) in [6.45, 7) is 17.0. The zero-order valence-electron chi connectivity index (χ0n) is 59.3. The van der Waals surface area contributed by atoms with E-state index >= 15 is 0 Å². The number of alkyl carbamates (subject to hydrolysis) is 2. The molecule has 14 nitrogen and oxygen atoms in total. The lowest BCUT2D eigenvalue weighted by Crippen LogP contribution is -2.37. The molecule has 2 N–H and O–H groups in total. The molecule has 0 aliphatic heterocycles. The first-order chi connectivity index (χ1) is 43.5. The number of nitrogens with one attached hydrogen (secondary N) is 2. The highest BCUT2D eigenvalue weighted by atomic mass is 16.6. The third kappa shape index (κ3) is 78.5. The largest absolute Gasteiger partial charge is 0.447 e. The van der Waals surface area contributed by atoms with Gasteiger partial charge in [0.2, 0.25) is 0 Å². The topological polar surface area (TPSA) is 150 Å². The number of methoxy groups -OCH3 is 2. The summed E-state index contributed by atoms with van der Waals surface area (Å²) in [6.07, 6.45) is 62.5. The maximum Gasteiger partial charge on any atom is 0.407 e. The van der Waals surface area contributed by atoms with Crippen molar-refractivity contribution in [1.82, 2.24) is 10.6 Å². The molecule has 0 saturated heterocycles.